The number of rotatable bonds is 2. The molecule has 7 heteroatoms. The molecule has 1 amide bonds. The van der Waals surface area contributed by atoms with Crippen LogP contribution < -0.4 is 5.32 Å². The van der Waals surface area contributed by atoms with Crippen molar-refractivity contribution in [1.82, 2.24) is 19.7 Å². The molecular formula is C19H15N5OS. The van der Waals surface area contributed by atoms with Gasteiger partial charge in [-0.05, 0) is 30.7 Å². The minimum atomic E-state index is -0.0458. The average molecular weight is 361 g/mol. The van der Waals surface area contributed by atoms with Gasteiger partial charge in [-0.2, -0.15) is 9.78 Å². The number of carbonyl (C=O) groups excluding carboxylic acids is 1. The van der Waals surface area contributed by atoms with Crippen LogP contribution in [-0.2, 0) is 4.79 Å². The standard InChI is InChI=1S/C19H15N5OS/c1-11-17-13(12-5-4-8-20-10-12)9-16(25)22-18(17)24(23-11)19-21-14-6-2-3-7-15(14)26-19/h2-8,10,13H,9H2,1H3,(H,22,25). The fourth-order valence-corrected chi connectivity index (χ4v) is 4.43. The molecule has 0 saturated carbocycles. The second-order valence-electron chi connectivity index (χ2n) is 6.31. The summed E-state index contributed by atoms with van der Waals surface area (Å²) in [7, 11) is 0. The molecule has 0 spiro atoms. The third kappa shape index (κ3) is 2.32. The smallest absolute Gasteiger partial charge is 0.226 e. The molecule has 0 fully saturated rings. The van der Waals surface area contributed by atoms with Crippen LogP contribution in [0.15, 0.2) is 48.8 Å². The predicted molar refractivity (Wildman–Crippen MR) is 101 cm³/mol. The maximum atomic E-state index is 12.4. The van der Waals surface area contributed by atoms with Crippen molar-refractivity contribution in [2.24, 2.45) is 0 Å². The number of hydrogen-bond acceptors (Lipinski definition) is 5. The van der Waals surface area contributed by atoms with Gasteiger partial charge >= 0.3 is 0 Å². The first-order chi connectivity index (χ1) is 12.7. The van der Waals surface area contributed by atoms with Gasteiger partial charge in [0.2, 0.25) is 11.0 Å². The zero-order chi connectivity index (χ0) is 17.7. The number of carbonyl (C=O) groups is 1. The number of thiazole rings is 1. The van der Waals surface area contributed by atoms with E-state index >= 15 is 0 Å². The van der Waals surface area contributed by atoms with E-state index in [1.54, 1.807) is 22.2 Å². The Kier molecular flexibility index (Phi) is 3.36. The number of benzene rings is 1. The minimum absolute atomic E-state index is 0.0198. The van der Waals surface area contributed by atoms with Crippen LogP contribution in [0.2, 0.25) is 0 Å². The Hall–Kier alpha value is -3.06. The number of nitrogens with one attached hydrogen (secondary N) is 1. The summed E-state index contributed by atoms with van der Waals surface area (Å²) in [5.74, 6) is 0.649. The highest BCUT2D eigenvalue weighted by Gasteiger charge is 2.33. The Morgan fingerprint density at radius 1 is 1.23 bits per heavy atom. The lowest BCUT2D eigenvalue weighted by atomic mass is 9.87. The highest BCUT2D eigenvalue weighted by Crippen LogP contribution is 2.40. The molecule has 0 radical (unpaired) electrons. The number of anilines is 1. The number of fused-ring (bicyclic) bond motifs is 2. The van der Waals surface area contributed by atoms with E-state index < -0.39 is 0 Å². The van der Waals surface area contributed by atoms with E-state index in [1.807, 2.05) is 49.5 Å². The predicted octanol–water partition coefficient (Wildman–Crippen LogP) is 3.66. The number of hydrogen-bond donors (Lipinski definition) is 1. The molecule has 5 rings (SSSR count). The third-order valence-electron chi connectivity index (χ3n) is 4.65. The van der Waals surface area contributed by atoms with E-state index in [-0.39, 0.29) is 11.8 Å². The molecule has 1 aliphatic rings. The molecule has 4 aromatic rings. The summed E-state index contributed by atoms with van der Waals surface area (Å²) >= 11 is 1.56. The first-order valence-corrected chi connectivity index (χ1v) is 9.17. The molecule has 6 nitrogen and oxygen atoms in total. The van der Waals surface area contributed by atoms with E-state index in [4.69, 9.17) is 5.10 Å². The number of pyridine rings is 1. The van der Waals surface area contributed by atoms with Crippen LogP contribution in [0.5, 0.6) is 0 Å². The zero-order valence-corrected chi connectivity index (χ0v) is 14.8. The molecule has 4 heterocycles. The van der Waals surface area contributed by atoms with E-state index in [0.29, 0.717) is 12.2 Å². The lowest BCUT2D eigenvalue weighted by Crippen LogP contribution is -2.25. The molecule has 1 atom stereocenters. The van der Waals surface area contributed by atoms with Crippen LogP contribution in [0.4, 0.5) is 5.82 Å². The van der Waals surface area contributed by atoms with E-state index in [0.717, 1.165) is 32.2 Å². The van der Waals surface area contributed by atoms with Crippen molar-refractivity contribution in [2.45, 2.75) is 19.3 Å². The maximum Gasteiger partial charge on any atom is 0.226 e. The molecule has 0 aliphatic carbocycles. The summed E-state index contributed by atoms with van der Waals surface area (Å²) in [6, 6.07) is 11.9. The first kappa shape index (κ1) is 15.2. The van der Waals surface area contributed by atoms with Crippen LogP contribution in [0.1, 0.15) is 29.2 Å². The van der Waals surface area contributed by atoms with Gasteiger partial charge in [-0.1, -0.05) is 29.5 Å². The highest BCUT2D eigenvalue weighted by atomic mass is 32.1. The summed E-state index contributed by atoms with van der Waals surface area (Å²) in [4.78, 5) is 21.3. The highest BCUT2D eigenvalue weighted by molar-refractivity contribution is 7.20. The van der Waals surface area contributed by atoms with Gasteiger partial charge in [0, 0.05) is 30.3 Å². The van der Waals surface area contributed by atoms with Crippen LogP contribution in [0, 0.1) is 6.92 Å². The number of aromatic nitrogens is 4. The van der Waals surface area contributed by atoms with Crippen LogP contribution in [0.3, 0.4) is 0 Å². The van der Waals surface area contributed by atoms with Gasteiger partial charge in [-0.3, -0.25) is 9.78 Å². The lowest BCUT2D eigenvalue weighted by molar-refractivity contribution is -0.116. The van der Waals surface area contributed by atoms with Crippen molar-refractivity contribution in [2.75, 3.05) is 5.32 Å². The Morgan fingerprint density at radius 3 is 2.92 bits per heavy atom. The van der Waals surface area contributed by atoms with Crippen LogP contribution >= 0.6 is 11.3 Å². The largest absolute Gasteiger partial charge is 0.310 e. The Morgan fingerprint density at radius 2 is 2.12 bits per heavy atom. The molecule has 1 unspecified atom stereocenters. The fourth-order valence-electron chi connectivity index (χ4n) is 3.50. The average Bonchev–Trinajstić information content (AvgIpc) is 3.23. The molecule has 1 aliphatic heterocycles. The van der Waals surface area contributed by atoms with Gasteiger partial charge in [0.15, 0.2) is 0 Å². The van der Waals surface area contributed by atoms with E-state index in [9.17, 15) is 4.79 Å². The van der Waals surface area contributed by atoms with E-state index in [1.165, 1.54) is 0 Å². The van der Waals surface area contributed by atoms with Crippen LogP contribution in [-0.4, -0.2) is 25.7 Å². The van der Waals surface area contributed by atoms with Gasteiger partial charge in [0.1, 0.15) is 5.82 Å². The van der Waals surface area contributed by atoms with Gasteiger partial charge in [-0.25, -0.2) is 4.98 Å². The second kappa shape index (κ2) is 5.74. The van der Waals surface area contributed by atoms with Gasteiger partial charge in [0.05, 0.1) is 15.9 Å². The number of aryl methyl sites for hydroxylation is 1. The Labute approximate surface area is 153 Å². The van der Waals surface area contributed by atoms with Crippen molar-refractivity contribution in [3.05, 3.63) is 65.6 Å². The molecule has 26 heavy (non-hydrogen) atoms. The molecule has 1 N–H and O–H groups in total. The molecule has 1 aromatic carbocycles. The number of amides is 1. The fraction of sp³-hybridized carbons (Fsp3) is 0.158. The second-order valence-corrected chi connectivity index (χ2v) is 7.32. The normalized spacial score (nSPS) is 16.5. The monoisotopic (exact) mass is 361 g/mol. The summed E-state index contributed by atoms with van der Waals surface area (Å²) < 4.78 is 2.85. The Balaban J connectivity index is 1.69. The van der Waals surface area contributed by atoms with Gasteiger partial charge in [-0.15, -0.1) is 0 Å². The van der Waals surface area contributed by atoms with Crippen LogP contribution in [0.25, 0.3) is 15.3 Å². The van der Waals surface area contributed by atoms with Crippen molar-refractivity contribution in [1.29, 1.82) is 0 Å². The van der Waals surface area contributed by atoms with Crippen molar-refractivity contribution in [3.8, 4) is 5.13 Å². The third-order valence-corrected chi connectivity index (χ3v) is 5.67. The van der Waals surface area contributed by atoms with E-state index in [2.05, 4.69) is 15.3 Å². The number of para-hydroxylation sites is 1. The quantitative estimate of drug-likeness (QED) is 0.591. The maximum absolute atomic E-state index is 12.4. The summed E-state index contributed by atoms with van der Waals surface area (Å²) in [5.41, 5.74) is 3.89. The molecule has 3 aromatic heterocycles. The van der Waals surface area contributed by atoms with Crippen molar-refractivity contribution < 1.29 is 4.79 Å². The number of nitrogens with zero attached hydrogens (tertiary/aromatic N) is 4. The SMILES string of the molecule is Cc1nn(-c2nc3ccccc3s2)c2c1C(c1cccnc1)CC(=O)N2. The summed E-state index contributed by atoms with van der Waals surface area (Å²) in [5, 5.41) is 8.45. The molecule has 0 saturated heterocycles. The first-order valence-electron chi connectivity index (χ1n) is 8.36. The van der Waals surface area contributed by atoms with Gasteiger partial charge < -0.3 is 5.32 Å². The van der Waals surface area contributed by atoms with Crippen molar-refractivity contribution >= 4 is 33.3 Å². The zero-order valence-electron chi connectivity index (χ0n) is 14.0. The molecule has 128 valence electrons. The van der Waals surface area contributed by atoms with Gasteiger partial charge in [0.25, 0.3) is 0 Å². The summed E-state index contributed by atoms with van der Waals surface area (Å²) in [6.45, 7) is 1.98. The summed E-state index contributed by atoms with van der Waals surface area (Å²) in [6.07, 6.45) is 3.96. The van der Waals surface area contributed by atoms with Crippen molar-refractivity contribution in [3.63, 3.8) is 0 Å². The molecular weight excluding hydrogens is 346 g/mol. The minimum Gasteiger partial charge on any atom is -0.310 e. The lowest BCUT2D eigenvalue weighted by Gasteiger charge is -2.23. The topological polar surface area (TPSA) is 72.7 Å². The Bertz CT molecular complexity index is 1100. The molecule has 0 bridgehead atoms.